The molecule has 0 fully saturated rings. The van der Waals surface area contributed by atoms with Gasteiger partial charge < -0.3 is 8.98 Å². The minimum absolute atomic E-state index is 0.329. The van der Waals surface area contributed by atoms with Gasteiger partial charge in [-0.1, -0.05) is 78.9 Å². The van der Waals surface area contributed by atoms with Gasteiger partial charge in [-0.3, -0.25) is 14.5 Å². The molecule has 6 nitrogen and oxygen atoms in total. The number of rotatable bonds is 5. The van der Waals surface area contributed by atoms with E-state index in [1.54, 1.807) is 6.26 Å². The van der Waals surface area contributed by atoms with Crippen LogP contribution in [0.15, 0.2) is 125 Å². The molecule has 0 atom stereocenters. The minimum atomic E-state index is -0.360. The van der Waals surface area contributed by atoms with Gasteiger partial charge in [0.25, 0.3) is 11.8 Å². The van der Waals surface area contributed by atoms with E-state index >= 15 is 0 Å². The topological polar surface area (TPSA) is 67.8 Å². The maximum atomic E-state index is 13.6. The first-order chi connectivity index (χ1) is 20.0. The molecule has 1 aliphatic heterocycles. The van der Waals surface area contributed by atoms with Crippen molar-refractivity contribution < 1.29 is 14.0 Å². The van der Waals surface area contributed by atoms with Crippen LogP contribution in [-0.4, -0.2) is 34.0 Å². The average molecular weight is 536 g/mol. The first kappa shape index (κ1) is 24.5. The number of carbonyl (C=O) groups is 2. The highest BCUT2D eigenvalue weighted by Crippen LogP contribution is 2.42. The third-order valence-corrected chi connectivity index (χ3v) is 7.64. The molecule has 0 N–H and O–H groups in total. The number of hydrogen-bond acceptors (Lipinski definition) is 4. The summed E-state index contributed by atoms with van der Waals surface area (Å²) in [5.74, 6) is -0.695. The summed E-state index contributed by atoms with van der Waals surface area (Å²) in [6.07, 6.45) is 3.51. The number of amides is 2. The number of carbonyl (C=O) groups excluding carboxylic acids is 2. The van der Waals surface area contributed by atoms with Crippen LogP contribution in [0.1, 0.15) is 22.3 Å². The lowest BCUT2D eigenvalue weighted by Crippen LogP contribution is -2.26. The van der Waals surface area contributed by atoms with E-state index in [4.69, 9.17) is 9.41 Å². The third-order valence-electron chi connectivity index (χ3n) is 7.64. The number of aromatic nitrogens is 1. The van der Waals surface area contributed by atoms with Crippen molar-refractivity contribution in [2.75, 3.05) is 7.05 Å². The Hall–Kier alpha value is -5.49. The molecule has 0 saturated carbocycles. The second-order valence-electron chi connectivity index (χ2n) is 10.1. The third kappa shape index (κ3) is 3.92. The predicted octanol–water partition coefficient (Wildman–Crippen LogP) is 7.00. The number of aryl methyl sites for hydroxylation is 1. The molecule has 41 heavy (non-hydrogen) atoms. The van der Waals surface area contributed by atoms with Crippen molar-refractivity contribution in [3.05, 3.63) is 138 Å². The standard InChI is InChI=1S/C35H25N3O3/c1-37-21-27(24-15-9-10-16-29(24)37)31-30(34(39)38(2)35(31)40)26-17-18-28(25-19-20-41-33(25)26)36-32(22-11-5-3-6-12-22)23-13-7-4-8-14-23/h3-21H,1-2H3. The Morgan fingerprint density at radius 2 is 1.27 bits per heavy atom. The van der Waals surface area contributed by atoms with Gasteiger partial charge in [0.1, 0.15) is 5.58 Å². The Kier molecular flexibility index (Phi) is 5.75. The van der Waals surface area contributed by atoms with E-state index in [1.807, 2.05) is 121 Å². The molecule has 6 heteroatoms. The summed E-state index contributed by atoms with van der Waals surface area (Å²) in [5, 5.41) is 1.66. The van der Waals surface area contributed by atoms with E-state index in [0.29, 0.717) is 28.0 Å². The summed E-state index contributed by atoms with van der Waals surface area (Å²) in [5.41, 5.74) is 6.97. The van der Waals surface area contributed by atoms with Gasteiger partial charge in [-0.2, -0.15) is 0 Å². The fourth-order valence-electron chi connectivity index (χ4n) is 5.63. The summed E-state index contributed by atoms with van der Waals surface area (Å²) in [4.78, 5) is 33.4. The summed E-state index contributed by atoms with van der Waals surface area (Å²) in [6.45, 7) is 0. The largest absolute Gasteiger partial charge is 0.464 e. The van der Waals surface area contributed by atoms with Crippen molar-refractivity contribution in [2.24, 2.45) is 12.0 Å². The molecule has 7 rings (SSSR count). The van der Waals surface area contributed by atoms with Crippen molar-refractivity contribution in [2.45, 2.75) is 0 Å². The highest BCUT2D eigenvalue weighted by atomic mass is 16.3. The quantitative estimate of drug-likeness (QED) is 0.176. The molecule has 0 spiro atoms. The number of furan rings is 1. The van der Waals surface area contributed by atoms with E-state index in [0.717, 1.165) is 38.7 Å². The summed E-state index contributed by atoms with van der Waals surface area (Å²) >= 11 is 0. The minimum Gasteiger partial charge on any atom is -0.464 e. The van der Waals surface area contributed by atoms with Crippen LogP contribution in [0.25, 0.3) is 33.0 Å². The van der Waals surface area contributed by atoms with Gasteiger partial charge in [-0.05, 0) is 24.3 Å². The highest BCUT2D eigenvalue weighted by molar-refractivity contribution is 6.50. The smallest absolute Gasteiger partial charge is 0.262 e. The number of nitrogens with zero attached hydrogens (tertiary/aromatic N) is 3. The fourth-order valence-corrected chi connectivity index (χ4v) is 5.63. The number of aliphatic imine (C=N–C) groups is 1. The molecule has 4 aromatic carbocycles. The van der Waals surface area contributed by atoms with Crippen molar-refractivity contribution >= 4 is 56.2 Å². The Labute approximate surface area is 236 Å². The molecule has 0 radical (unpaired) electrons. The highest BCUT2D eigenvalue weighted by Gasteiger charge is 2.39. The molecule has 6 aromatic rings. The normalized spacial score (nSPS) is 13.6. The Bertz CT molecular complexity index is 2010. The molecule has 3 heterocycles. The second kappa shape index (κ2) is 9.61. The molecular formula is C35H25N3O3. The number of imide groups is 1. The van der Waals surface area contributed by atoms with Gasteiger partial charge in [0.2, 0.25) is 0 Å². The first-order valence-corrected chi connectivity index (χ1v) is 13.3. The van der Waals surface area contributed by atoms with Crippen molar-refractivity contribution in [1.82, 2.24) is 9.47 Å². The predicted molar refractivity (Wildman–Crippen MR) is 162 cm³/mol. The second-order valence-corrected chi connectivity index (χ2v) is 10.1. The van der Waals surface area contributed by atoms with E-state index < -0.39 is 0 Å². The molecule has 198 valence electrons. The Morgan fingerprint density at radius 3 is 1.95 bits per heavy atom. The Morgan fingerprint density at radius 1 is 0.659 bits per heavy atom. The van der Waals surface area contributed by atoms with Crippen molar-refractivity contribution in [3.8, 4) is 0 Å². The summed E-state index contributed by atoms with van der Waals surface area (Å²) in [7, 11) is 3.46. The first-order valence-electron chi connectivity index (χ1n) is 13.3. The summed E-state index contributed by atoms with van der Waals surface area (Å²) < 4.78 is 7.97. The van der Waals surface area contributed by atoms with Crippen LogP contribution in [0, 0.1) is 0 Å². The lowest BCUT2D eigenvalue weighted by molar-refractivity contribution is -0.134. The van der Waals surface area contributed by atoms with Gasteiger partial charge in [0.05, 0.1) is 28.8 Å². The molecule has 0 unspecified atom stereocenters. The zero-order valence-electron chi connectivity index (χ0n) is 22.5. The zero-order chi connectivity index (χ0) is 28.1. The fraction of sp³-hybridized carbons (Fsp3) is 0.0571. The monoisotopic (exact) mass is 535 g/mol. The molecule has 1 aliphatic rings. The van der Waals surface area contributed by atoms with Crippen molar-refractivity contribution in [1.29, 1.82) is 0 Å². The van der Waals surface area contributed by atoms with Crippen LogP contribution in [0.3, 0.4) is 0 Å². The van der Waals surface area contributed by atoms with Gasteiger partial charge in [-0.25, -0.2) is 4.99 Å². The van der Waals surface area contributed by atoms with E-state index in [1.165, 1.54) is 11.9 Å². The van der Waals surface area contributed by atoms with Crippen LogP contribution in [0.5, 0.6) is 0 Å². The lowest BCUT2D eigenvalue weighted by Gasteiger charge is -2.10. The SMILES string of the molecule is CN1C(=O)C(c2cn(C)c3ccccc23)=C(c2ccc(N=C(c3ccccc3)c3ccccc3)c3ccoc23)C1=O. The van der Waals surface area contributed by atoms with Crippen LogP contribution in [0.4, 0.5) is 5.69 Å². The molecule has 0 bridgehead atoms. The molecule has 0 saturated heterocycles. The van der Waals surface area contributed by atoms with Gasteiger partial charge in [0, 0.05) is 58.8 Å². The average Bonchev–Trinajstić information content (AvgIpc) is 3.69. The van der Waals surface area contributed by atoms with Crippen LogP contribution in [-0.2, 0) is 16.6 Å². The molecule has 2 amide bonds. The number of para-hydroxylation sites is 1. The summed E-state index contributed by atoms with van der Waals surface area (Å²) in [6, 6.07) is 33.5. The van der Waals surface area contributed by atoms with Gasteiger partial charge in [0.15, 0.2) is 0 Å². The zero-order valence-corrected chi connectivity index (χ0v) is 22.5. The Balaban J connectivity index is 1.46. The lowest BCUT2D eigenvalue weighted by atomic mass is 9.94. The van der Waals surface area contributed by atoms with Crippen molar-refractivity contribution in [3.63, 3.8) is 0 Å². The van der Waals surface area contributed by atoms with Crippen LogP contribution < -0.4 is 0 Å². The maximum Gasteiger partial charge on any atom is 0.262 e. The van der Waals surface area contributed by atoms with E-state index in [2.05, 4.69) is 0 Å². The number of likely N-dealkylation sites (N-methyl/N-ethyl adjacent to an activating group) is 1. The van der Waals surface area contributed by atoms with E-state index in [9.17, 15) is 9.59 Å². The molecular weight excluding hydrogens is 510 g/mol. The van der Waals surface area contributed by atoms with Crippen LogP contribution >= 0.6 is 0 Å². The molecule has 0 aliphatic carbocycles. The number of fused-ring (bicyclic) bond motifs is 2. The van der Waals surface area contributed by atoms with Crippen LogP contribution in [0.2, 0.25) is 0 Å². The number of hydrogen-bond donors (Lipinski definition) is 0. The van der Waals surface area contributed by atoms with Gasteiger partial charge >= 0.3 is 0 Å². The maximum absolute atomic E-state index is 13.6. The van der Waals surface area contributed by atoms with Gasteiger partial charge in [-0.15, -0.1) is 0 Å². The molecule has 2 aromatic heterocycles. The number of benzene rings is 4. The van der Waals surface area contributed by atoms with E-state index in [-0.39, 0.29) is 11.8 Å².